The van der Waals surface area contributed by atoms with Crippen LogP contribution in [0.5, 0.6) is 0 Å². The van der Waals surface area contributed by atoms with E-state index in [1.54, 1.807) is 6.07 Å². The van der Waals surface area contributed by atoms with Gasteiger partial charge in [0.05, 0.1) is 32.5 Å². The van der Waals surface area contributed by atoms with Crippen molar-refractivity contribution in [1.29, 1.82) is 0 Å². The van der Waals surface area contributed by atoms with Crippen LogP contribution in [0.4, 0.5) is 4.39 Å². The highest BCUT2D eigenvalue weighted by molar-refractivity contribution is 5.17. The van der Waals surface area contributed by atoms with Gasteiger partial charge in [0.1, 0.15) is 11.4 Å². The number of nitrogens with zero attached hydrogens (tertiary/aromatic N) is 2. The molecule has 0 aromatic heterocycles. The Morgan fingerprint density at radius 3 is 2.65 bits per heavy atom. The van der Waals surface area contributed by atoms with E-state index in [1.807, 2.05) is 12.1 Å². The largest absolute Gasteiger partial charge is 0.379 e. The average Bonchev–Trinajstić information content (AvgIpc) is 2.92. The van der Waals surface area contributed by atoms with Gasteiger partial charge in [-0.1, -0.05) is 18.2 Å². The summed E-state index contributed by atoms with van der Waals surface area (Å²) >= 11 is 0. The van der Waals surface area contributed by atoms with Crippen molar-refractivity contribution in [2.24, 2.45) is 0 Å². The summed E-state index contributed by atoms with van der Waals surface area (Å²) < 4.78 is 31.9. The number of morpholine rings is 1. The molecule has 26 heavy (non-hydrogen) atoms. The van der Waals surface area contributed by atoms with Crippen LogP contribution in [0.25, 0.3) is 0 Å². The molecule has 3 fully saturated rings. The van der Waals surface area contributed by atoms with Crippen LogP contribution in [-0.4, -0.2) is 80.7 Å². The molecule has 0 bridgehead atoms. The van der Waals surface area contributed by atoms with E-state index in [9.17, 15) is 4.39 Å². The van der Waals surface area contributed by atoms with Crippen molar-refractivity contribution >= 4 is 0 Å². The SMILES string of the molecule is Fc1ccccc1CN1CCOC[C@]2(CC[C@@H](CN3CCOCC3)O2)C1. The van der Waals surface area contributed by atoms with Gasteiger partial charge in [0.25, 0.3) is 0 Å². The molecule has 0 saturated carbocycles. The Morgan fingerprint density at radius 2 is 1.81 bits per heavy atom. The van der Waals surface area contributed by atoms with Crippen LogP contribution >= 0.6 is 0 Å². The van der Waals surface area contributed by atoms with Crippen molar-refractivity contribution < 1.29 is 18.6 Å². The third-order valence-electron chi connectivity index (χ3n) is 5.68. The van der Waals surface area contributed by atoms with Crippen LogP contribution in [0.3, 0.4) is 0 Å². The lowest BCUT2D eigenvalue weighted by Gasteiger charge is -2.33. The number of ether oxygens (including phenoxy) is 3. The molecule has 3 saturated heterocycles. The molecule has 3 heterocycles. The smallest absolute Gasteiger partial charge is 0.127 e. The average molecular weight is 364 g/mol. The Kier molecular flexibility index (Phi) is 5.86. The molecule has 3 aliphatic rings. The Balaban J connectivity index is 1.37. The van der Waals surface area contributed by atoms with E-state index in [0.717, 1.165) is 64.3 Å². The molecule has 2 atom stereocenters. The molecular formula is C20H29FN2O3. The summed E-state index contributed by atoms with van der Waals surface area (Å²) in [6, 6.07) is 7.03. The first kappa shape index (κ1) is 18.3. The van der Waals surface area contributed by atoms with E-state index < -0.39 is 0 Å². The van der Waals surface area contributed by atoms with Crippen molar-refractivity contribution in [2.75, 3.05) is 59.2 Å². The maximum absolute atomic E-state index is 14.0. The molecule has 0 radical (unpaired) electrons. The minimum atomic E-state index is -0.251. The summed E-state index contributed by atoms with van der Waals surface area (Å²) in [6.07, 6.45) is 2.33. The van der Waals surface area contributed by atoms with Crippen molar-refractivity contribution in [3.8, 4) is 0 Å². The number of hydrogen-bond donors (Lipinski definition) is 0. The predicted octanol–water partition coefficient (Wildman–Crippen LogP) is 1.91. The zero-order valence-corrected chi connectivity index (χ0v) is 15.4. The molecule has 0 N–H and O–H groups in total. The number of hydrogen-bond acceptors (Lipinski definition) is 5. The van der Waals surface area contributed by atoms with Crippen LogP contribution in [0.2, 0.25) is 0 Å². The minimum absolute atomic E-state index is 0.135. The summed E-state index contributed by atoms with van der Waals surface area (Å²) in [5.74, 6) is -0.135. The van der Waals surface area contributed by atoms with E-state index >= 15 is 0 Å². The lowest BCUT2D eigenvalue weighted by Crippen LogP contribution is -2.46. The zero-order chi connectivity index (χ0) is 17.8. The lowest BCUT2D eigenvalue weighted by atomic mass is 9.99. The molecule has 1 aromatic rings. The van der Waals surface area contributed by atoms with Crippen molar-refractivity contribution in [3.63, 3.8) is 0 Å². The molecular weight excluding hydrogens is 335 g/mol. The Morgan fingerprint density at radius 1 is 1.04 bits per heavy atom. The molecule has 0 aliphatic carbocycles. The molecule has 4 rings (SSSR count). The summed E-state index contributed by atoms with van der Waals surface area (Å²) in [5, 5.41) is 0. The van der Waals surface area contributed by atoms with Gasteiger partial charge in [-0.2, -0.15) is 0 Å². The highest BCUT2D eigenvalue weighted by Gasteiger charge is 2.43. The van der Waals surface area contributed by atoms with Gasteiger partial charge in [-0.15, -0.1) is 0 Å². The minimum Gasteiger partial charge on any atom is -0.379 e. The fourth-order valence-corrected chi connectivity index (χ4v) is 4.30. The molecule has 144 valence electrons. The Hall–Kier alpha value is -1.05. The zero-order valence-electron chi connectivity index (χ0n) is 15.4. The van der Waals surface area contributed by atoms with E-state index in [1.165, 1.54) is 6.07 Å². The van der Waals surface area contributed by atoms with Crippen LogP contribution in [-0.2, 0) is 20.8 Å². The van der Waals surface area contributed by atoms with Crippen molar-refractivity contribution in [1.82, 2.24) is 9.80 Å². The van der Waals surface area contributed by atoms with Gasteiger partial charge in [-0.25, -0.2) is 4.39 Å². The molecule has 0 unspecified atom stereocenters. The van der Waals surface area contributed by atoms with Crippen molar-refractivity contribution in [3.05, 3.63) is 35.6 Å². The van der Waals surface area contributed by atoms with E-state index in [2.05, 4.69) is 9.80 Å². The van der Waals surface area contributed by atoms with Crippen LogP contribution in [0.15, 0.2) is 24.3 Å². The first-order chi connectivity index (χ1) is 12.7. The van der Waals surface area contributed by atoms with Gasteiger partial charge in [-0.05, 0) is 18.9 Å². The lowest BCUT2D eigenvalue weighted by molar-refractivity contribution is -0.0967. The van der Waals surface area contributed by atoms with Crippen molar-refractivity contribution in [2.45, 2.75) is 31.1 Å². The van der Waals surface area contributed by atoms with E-state index in [-0.39, 0.29) is 17.5 Å². The van der Waals surface area contributed by atoms with E-state index in [4.69, 9.17) is 14.2 Å². The molecule has 3 aliphatic heterocycles. The quantitative estimate of drug-likeness (QED) is 0.815. The van der Waals surface area contributed by atoms with Crippen LogP contribution < -0.4 is 0 Å². The highest BCUT2D eigenvalue weighted by atomic mass is 19.1. The predicted molar refractivity (Wildman–Crippen MR) is 96.6 cm³/mol. The maximum Gasteiger partial charge on any atom is 0.127 e. The summed E-state index contributed by atoms with van der Waals surface area (Å²) in [7, 11) is 0. The first-order valence-electron chi connectivity index (χ1n) is 9.74. The number of rotatable bonds is 4. The first-order valence-corrected chi connectivity index (χ1v) is 9.74. The molecule has 0 amide bonds. The van der Waals surface area contributed by atoms with Gasteiger partial charge >= 0.3 is 0 Å². The normalized spacial score (nSPS) is 31.3. The maximum atomic E-state index is 14.0. The van der Waals surface area contributed by atoms with Gasteiger partial charge in [0.15, 0.2) is 0 Å². The molecule has 5 nitrogen and oxygen atoms in total. The summed E-state index contributed by atoms with van der Waals surface area (Å²) in [6.45, 7) is 8.12. The van der Waals surface area contributed by atoms with Gasteiger partial charge in [0.2, 0.25) is 0 Å². The number of halogens is 1. The topological polar surface area (TPSA) is 34.2 Å². The fourth-order valence-electron chi connectivity index (χ4n) is 4.30. The Labute approximate surface area is 155 Å². The summed E-state index contributed by atoms with van der Waals surface area (Å²) in [4.78, 5) is 4.71. The van der Waals surface area contributed by atoms with Gasteiger partial charge in [0, 0.05) is 44.8 Å². The molecule has 1 spiro atoms. The highest BCUT2D eigenvalue weighted by Crippen LogP contribution is 2.34. The molecule has 1 aromatic carbocycles. The molecule has 6 heteroatoms. The monoisotopic (exact) mass is 364 g/mol. The Bertz CT molecular complexity index is 596. The second-order valence-corrected chi connectivity index (χ2v) is 7.73. The van der Waals surface area contributed by atoms with Crippen LogP contribution in [0, 0.1) is 5.82 Å². The second-order valence-electron chi connectivity index (χ2n) is 7.73. The van der Waals surface area contributed by atoms with E-state index in [0.29, 0.717) is 19.8 Å². The van der Waals surface area contributed by atoms with Gasteiger partial charge < -0.3 is 14.2 Å². The fraction of sp³-hybridized carbons (Fsp3) is 0.700. The third-order valence-corrected chi connectivity index (χ3v) is 5.68. The van der Waals surface area contributed by atoms with Crippen LogP contribution in [0.1, 0.15) is 18.4 Å². The second kappa shape index (κ2) is 8.31. The number of benzene rings is 1. The third kappa shape index (κ3) is 4.43. The van der Waals surface area contributed by atoms with Gasteiger partial charge in [-0.3, -0.25) is 9.80 Å². The standard InChI is InChI=1S/C20H29FN2O3/c21-19-4-2-1-3-17(19)13-23-9-12-25-16-20(15-23)6-5-18(26-20)14-22-7-10-24-11-8-22/h1-4,18H,5-16H2/t18-,20-/m0/s1. The summed E-state index contributed by atoms with van der Waals surface area (Å²) in [5.41, 5.74) is 0.492.